The molecule has 5 nitrogen and oxygen atoms in total. The van der Waals surface area contributed by atoms with Gasteiger partial charge in [-0.15, -0.1) is 5.10 Å². The zero-order valence-corrected chi connectivity index (χ0v) is 10.8. The molecule has 0 saturated carbocycles. The molecule has 19 heavy (non-hydrogen) atoms. The average molecular weight is 284 g/mol. The third kappa shape index (κ3) is 5.41. The van der Waals surface area contributed by atoms with Crippen LogP contribution >= 0.6 is 0 Å². The van der Waals surface area contributed by atoms with Crippen molar-refractivity contribution in [1.29, 1.82) is 0 Å². The zero-order chi connectivity index (χ0) is 14.7. The summed E-state index contributed by atoms with van der Waals surface area (Å²) in [4.78, 5) is 0. The molecule has 9 heteroatoms. The molecule has 0 fully saturated rings. The van der Waals surface area contributed by atoms with Crippen molar-refractivity contribution in [2.45, 2.75) is 45.2 Å². The van der Waals surface area contributed by atoms with Crippen molar-refractivity contribution in [2.75, 3.05) is 11.9 Å². The van der Waals surface area contributed by atoms with Gasteiger partial charge in [0, 0.05) is 5.54 Å². The number of nitrogens with zero attached hydrogens (tertiary/aromatic N) is 2. The normalized spacial score (nSPS) is 13.1. The van der Waals surface area contributed by atoms with Gasteiger partial charge in [0.05, 0.1) is 13.1 Å². The second-order valence-corrected chi connectivity index (χ2v) is 5.02. The molecular weight excluding hydrogens is 268 g/mol. The second-order valence-electron chi connectivity index (χ2n) is 5.02. The van der Waals surface area contributed by atoms with Gasteiger partial charge in [-0.05, 0) is 20.8 Å². The minimum Gasteiger partial charge on any atom is -0.407 e. The minimum atomic E-state index is -4.14. The highest BCUT2D eigenvalue weighted by molar-refractivity contribution is 5.17. The van der Waals surface area contributed by atoms with Crippen molar-refractivity contribution >= 4 is 6.01 Å². The maximum atomic E-state index is 12.6. The lowest BCUT2D eigenvalue weighted by molar-refractivity contribution is -0.117. The Labute approximate surface area is 107 Å². The summed E-state index contributed by atoms with van der Waals surface area (Å²) in [6.45, 7) is 4.76. The molecule has 0 radical (unpaired) electrons. The van der Waals surface area contributed by atoms with Crippen LogP contribution in [0.1, 0.15) is 26.7 Å². The van der Waals surface area contributed by atoms with Crippen LogP contribution in [0.5, 0.6) is 0 Å². The molecule has 0 saturated heterocycles. The molecule has 1 heterocycles. The first-order chi connectivity index (χ1) is 8.60. The van der Waals surface area contributed by atoms with E-state index in [1.165, 1.54) is 0 Å². The van der Waals surface area contributed by atoms with Crippen molar-refractivity contribution in [3.8, 4) is 0 Å². The summed E-state index contributed by atoms with van der Waals surface area (Å²) in [5, 5.41) is 12.1. The van der Waals surface area contributed by atoms with Crippen LogP contribution in [0.25, 0.3) is 0 Å². The van der Waals surface area contributed by atoms with Gasteiger partial charge in [-0.2, -0.15) is 8.78 Å². The van der Waals surface area contributed by atoms with Crippen LogP contribution in [-0.4, -0.2) is 34.6 Å². The fourth-order valence-corrected chi connectivity index (χ4v) is 1.01. The van der Waals surface area contributed by atoms with Gasteiger partial charge in [0.15, 0.2) is 0 Å². The Hall–Kier alpha value is -1.38. The molecule has 0 amide bonds. The Bertz CT molecular complexity index is 402. The van der Waals surface area contributed by atoms with E-state index in [0.717, 1.165) is 0 Å². The first-order valence-corrected chi connectivity index (χ1v) is 5.57. The van der Waals surface area contributed by atoms with E-state index >= 15 is 0 Å². The number of anilines is 1. The van der Waals surface area contributed by atoms with Crippen LogP contribution in [-0.2, 0) is 6.54 Å². The Morgan fingerprint density at radius 3 is 2.37 bits per heavy atom. The molecule has 2 N–H and O–H groups in total. The highest BCUT2D eigenvalue weighted by Crippen LogP contribution is 2.23. The predicted octanol–water partition coefficient (Wildman–Crippen LogP) is 2.27. The van der Waals surface area contributed by atoms with Gasteiger partial charge in [0.1, 0.15) is 0 Å². The summed E-state index contributed by atoms with van der Waals surface area (Å²) in [7, 11) is 0. The number of alkyl halides is 4. The fourth-order valence-electron chi connectivity index (χ4n) is 1.01. The van der Waals surface area contributed by atoms with Crippen LogP contribution in [0.4, 0.5) is 23.6 Å². The molecule has 0 aliphatic rings. The highest BCUT2D eigenvalue weighted by atomic mass is 19.3. The summed E-state index contributed by atoms with van der Waals surface area (Å²) in [6, 6.07) is -0.314. The number of halogens is 4. The topological polar surface area (TPSA) is 63.0 Å². The van der Waals surface area contributed by atoms with E-state index in [0.29, 0.717) is 0 Å². The van der Waals surface area contributed by atoms with E-state index in [1.807, 2.05) is 26.1 Å². The van der Waals surface area contributed by atoms with Gasteiger partial charge >= 0.3 is 18.4 Å². The lowest BCUT2D eigenvalue weighted by atomic mass is 10.1. The van der Waals surface area contributed by atoms with Crippen LogP contribution in [0.2, 0.25) is 0 Å². The SMILES string of the molecule is CC(C)(C)NCc1nnc(NCC(F)(F)C(F)F)o1. The van der Waals surface area contributed by atoms with E-state index < -0.39 is 18.9 Å². The number of aromatic nitrogens is 2. The largest absolute Gasteiger partial charge is 0.407 e. The highest BCUT2D eigenvalue weighted by Gasteiger charge is 2.40. The van der Waals surface area contributed by atoms with E-state index in [4.69, 9.17) is 4.42 Å². The first kappa shape index (κ1) is 15.7. The third-order valence-electron chi connectivity index (χ3n) is 2.03. The Morgan fingerprint density at radius 1 is 1.21 bits per heavy atom. The number of nitrogens with one attached hydrogen (secondary N) is 2. The third-order valence-corrected chi connectivity index (χ3v) is 2.03. The predicted molar refractivity (Wildman–Crippen MR) is 60.3 cm³/mol. The average Bonchev–Trinajstić information content (AvgIpc) is 2.70. The summed E-state index contributed by atoms with van der Waals surface area (Å²) < 4.78 is 54.0. The molecule has 0 spiro atoms. The molecule has 0 unspecified atom stereocenters. The van der Waals surface area contributed by atoms with Gasteiger partial charge in [-0.3, -0.25) is 0 Å². The lowest BCUT2D eigenvalue weighted by Crippen LogP contribution is -2.35. The van der Waals surface area contributed by atoms with Crippen molar-refractivity contribution < 1.29 is 22.0 Å². The summed E-state index contributed by atoms with van der Waals surface area (Å²) in [5.41, 5.74) is -0.176. The molecule has 0 aliphatic carbocycles. The maximum Gasteiger partial charge on any atom is 0.324 e. The van der Waals surface area contributed by atoms with E-state index in [1.54, 1.807) is 0 Å². The fraction of sp³-hybridized carbons (Fsp3) is 0.800. The van der Waals surface area contributed by atoms with Gasteiger partial charge in [0.25, 0.3) is 0 Å². The van der Waals surface area contributed by atoms with Crippen LogP contribution in [0.15, 0.2) is 4.42 Å². The molecule has 1 aromatic heterocycles. The van der Waals surface area contributed by atoms with Crippen LogP contribution in [0.3, 0.4) is 0 Å². The number of rotatable bonds is 6. The van der Waals surface area contributed by atoms with E-state index in [2.05, 4.69) is 15.5 Å². The molecule has 110 valence electrons. The molecule has 0 aliphatic heterocycles. The molecule has 0 aromatic carbocycles. The Morgan fingerprint density at radius 2 is 1.84 bits per heavy atom. The van der Waals surface area contributed by atoms with Crippen molar-refractivity contribution in [1.82, 2.24) is 15.5 Å². The molecule has 1 rings (SSSR count). The van der Waals surface area contributed by atoms with Gasteiger partial charge in [-0.1, -0.05) is 5.10 Å². The zero-order valence-electron chi connectivity index (χ0n) is 10.8. The molecular formula is C10H16F4N4O. The summed E-state index contributed by atoms with van der Waals surface area (Å²) >= 11 is 0. The van der Waals surface area contributed by atoms with Gasteiger partial charge in [0.2, 0.25) is 5.89 Å². The second kappa shape index (κ2) is 5.72. The van der Waals surface area contributed by atoms with E-state index in [-0.39, 0.29) is 24.0 Å². The maximum absolute atomic E-state index is 12.6. The van der Waals surface area contributed by atoms with Crippen molar-refractivity contribution in [3.63, 3.8) is 0 Å². The van der Waals surface area contributed by atoms with Crippen molar-refractivity contribution in [2.24, 2.45) is 0 Å². The monoisotopic (exact) mass is 284 g/mol. The van der Waals surface area contributed by atoms with Crippen LogP contribution in [0, 0.1) is 0 Å². The van der Waals surface area contributed by atoms with Gasteiger partial charge in [-0.25, -0.2) is 8.78 Å². The van der Waals surface area contributed by atoms with Gasteiger partial charge < -0.3 is 15.1 Å². The summed E-state index contributed by atoms with van der Waals surface area (Å²) in [5.74, 6) is -3.96. The molecule has 0 bridgehead atoms. The Kier molecular flexibility index (Phi) is 4.72. The number of hydrogen-bond donors (Lipinski definition) is 2. The van der Waals surface area contributed by atoms with Crippen molar-refractivity contribution in [3.05, 3.63) is 5.89 Å². The molecule has 1 aromatic rings. The minimum absolute atomic E-state index is 0.176. The summed E-state index contributed by atoms with van der Waals surface area (Å²) in [6.07, 6.45) is -3.75. The first-order valence-electron chi connectivity index (χ1n) is 5.57. The van der Waals surface area contributed by atoms with E-state index in [9.17, 15) is 17.6 Å². The number of hydrogen-bond acceptors (Lipinski definition) is 5. The molecule has 0 atom stereocenters. The lowest BCUT2D eigenvalue weighted by Gasteiger charge is -2.18. The Balaban J connectivity index is 2.47. The smallest absolute Gasteiger partial charge is 0.324 e. The van der Waals surface area contributed by atoms with Crippen LogP contribution < -0.4 is 10.6 Å². The standard InChI is InChI=1S/C10H16F4N4O/c1-9(2,3)16-4-6-17-18-8(19-6)15-5-10(13,14)7(11)12/h7,16H,4-5H2,1-3H3,(H,15,18). The quantitative estimate of drug-likeness (QED) is 0.785.